The maximum Gasteiger partial charge on any atom is 0.312 e. The normalized spacial score (nSPS) is 12.1. The van der Waals surface area contributed by atoms with Crippen LogP contribution >= 0.6 is 0 Å². The van der Waals surface area contributed by atoms with Crippen molar-refractivity contribution in [2.75, 3.05) is 0 Å². The Labute approximate surface area is 104 Å². The Bertz CT molecular complexity index is 528. The zero-order chi connectivity index (χ0) is 13.0. The molecule has 1 atom stereocenters. The van der Waals surface area contributed by atoms with Crippen molar-refractivity contribution in [2.45, 2.75) is 13.5 Å². The van der Waals surface area contributed by atoms with Crippen molar-refractivity contribution in [1.82, 2.24) is 15.1 Å². The Morgan fingerprint density at radius 2 is 2.17 bits per heavy atom. The number of aromatic nitrogens is 4. The molecule has 0 aliphatic carbocycles. The van der Waals surface area contributed by atoms with Gasteiger partial charge in [-0.2, -0.15) is 0 Å². The Kier molecular flexibility index (Phi) is 3.57. The van der Waals surface area contributed by atoms with Crippen LogP contribution in [-0.4, -0.2) is 26.1 Å². The third-order valence-electron chi connectivity index (χ3n) is 2.48. The standard InChI is InChI=1S/C12H12N4O2/c1-9(12(17)18)8-16-6-3-10(7-15-16)11-13-4-2-5-14-11/h2-7,9H,8H2,1H3/p+1. The van der Waals surface area contributed by atoms with E-state index in [1.165, 1.54) is 0 Å². The van der Waals surface area contributed by atoms with Gasteiger partial charge < -0.3 is 5.11 Å². The van der Waals surface area contributed by atoms with Crippen LogP contribution in [-0.2, 0) is 11.3 Å². The number of hydrogen-bond acceptors (Lipinski definition) is 4. The summed E-state index contributed by atoms with van der Waals surface area (Å²) in [4.78, 5) is 19.0. The Morgan fingerprint density at radius 3 is 2.72 bits per heavy atom. The predicted molar refractivity (Wildman–Crippen MR) is 62.3 cm³/mol. The van der Waals surface area contributed by atoms with Gasteiger partial charge in [0.25, 0.3) is 0 Å². The van der Waals surface area contributed by atoms with E-state index in [2.05, 4.69) is 15.1 Å². The highest BCUT2D eigenvalue weighted by Gasteiger charge is 2.17. The monoisotopic (exact) mass is 245 g/mol. The van der Waals surface area contributed by atoms with E-state index < -0.39 is 11.9 Å². The molecule has 1 N–H and O–H groups in total. The Balaban J connectivity index is 2.13. The van der Waals surface area contributed by atoms with Crippen LogP contribution in [0.1, 0.15) is 6.92 Å². The Hall–Kier alpha value is -2.37. The van der Waals surface area contributed by atoms with Crippen molar-refractivity contribution >= 4 is 5.97 Å². The van der Waals surface area contributed by atoms with E-state index in [0.717, 1.165) is 5.56 Å². The van der Waals surface area contributed by atoms with Gasteiger partial charge in [0, 0.05) is 24.0 Å². The minimum Gasteiger partial charge on any atom is -0.481 e. The predicted octanol–water partition coefficient (Wildman–Crippen LogP) is 0.547. The van der Waals surface area contributed by atoms with Gasteiger partial charge in [-0.3, -0.25) is 4.79 Å². The maximum absolute atomic E-state index is 10.7. The highest BCUT2D eigenvalue weighted by Crippen LogP contribution is 2.09. The van der Waals surface area contributed by atoms with Crippen LogP contribution < -0.4 is 4.68 Å². The second-order valence-corrected chi connectivity index (χ2v) is 3.95. The van der Waals surface area contributed by atoms with Gasteiger partial charge in [-0.25, -0.2) is 9.97 Å². The minimum absolute atomic E-state index is 0.339. The lowest BCUT2D eigenvalue weighted by molar-refractivity contribution is -0.757. The smallest absolute Gasteiger partial charge is 0.312 e. The third kappa shape index (κ3) is 2.85. The fraction of sp³-hybridized carbons (Fsp3) is 0.250. The summed E-state index contributed by atoms with van der Waals surface area (Å²) in [5, 5.41) is 13.0. The van der Waals surface area contributed by atoms with Gasteiger partial charge in [0.1, 0.15) is 12.1 Å². The van der Waals surface area contributed by atoms with Crippen LogP contribution in [0.3, 0.4) is 0 Å². The van der Waals surface area contributed by atoms with Crippen molar-refractivity contribution in [3.05, 3.63) is 36.9 Å². The van der Waals surface area contributed by atoms with Gasteiger partial charge in [0.15, 0.2) is 18.6 Å². The largest absolute Gasteiger partial charge is 0.481 e. The highest BCUT2D eigenvalue weighted by molar-refractivity contribution is 5.69. The van der Waals surface area contributed by atoms with E-state index in [9.17, 15) is 4.79 Å². The summed E-state index contributed by atoms with van der Waals surface area (Å²) < 4.78 is 1.59. The molecule has 0 bridgehead atoms. The van der Waals surface area contributed by atoms with E-state index in [0.29, 0.717) is 12.4 Å². The number of hydrogen-bond donors (Lipinski definition) is 1. The number of carbonyl (C=O) groups is 1. The van der Waals surface area contributed by atoms with Crippen molar-refractivity contribution in [1.29, 1.82) is 0 Å². The van der Waals surface area contributed by atoms with Crippen LogP contribution in [0.25, 0.3) is 11.4 Å². The van der Waals surface area contributed by atoms with Gasteiger partial charge >= 0.3 is 5.97 Å². The summed E-state index contributed by atoms with van der Waals surface area (Å²) >= 11 is 0. The summed E-state index contributed by atoms with van der Waals surface area (Å²) in [5.74, 6) is -0.704. The molecule has 0 saturated heterocycles. The fourth-order valence-electron chi connectivity index (χ4n) is 1.43. The molecule has 2 rings (SSSR count). The quantitative estimate of drug-likeness (QED) is 0.795. The highest BCUT2D eigenvalue weighted by atomic mass is 16.4. The first-order valence-electron chi connectivity index (χ1n) is 5.53. The zero-order valence-electron chi connectivity index (χ0n) is 9.89. The molecule has 1 unspecified atom stereocenters. The molecule has 0 radical (unpaired) electrons. The summed E-state index contributed by atoms with van der Waals surface area (Å²) in [5.41, 5.74) is 0.801. The molecule has 0 aromatic carbocycles. The molecular weight excluding hydrogens is 232 g/mol. The molecule has 2 aromatic heterocycles. The molecule has 2 aromatic rings. The SMILES string of the molecule is CC(C[n+]1ccc(-c2ncccn2)cn1)C(=O)O. The van der Waals surface area contributed by atoms with Crippen LogP contribution in [0.2, 0.25) is 0 Å². The second-order valence-electron chi connectivity index (χ2n) is 3.95. The molecular formula is C12H13N4O2+. The van der Waals surface area contributed by atoms with Gasteiger partial charge in [-0.15, -0.1) is 0 Å². The lowest BCUT2D eigenvalue weighted by Crippen LogP contribution is -2.42. The van der Waals surface area contributed by atoms with E-state index in [-0.39, 0.29) is 0 Å². The van der Waals surface area contributed by atoms with Crippen molar-refractivity contribution in [2.24, 2.45) is 5.92 Å². The number of carboxylic acids is 1. The lowest BCUT2D eigenvalue weighted by atomic mass is 10.2. The maximum atomic E-state index is 10.7. The molecule has 18 heavy (non-hydrogen) atoms. The average molecular weight is 245 g/mol. The zero-order valence-corrected chi connectivity index (χ0v) is 9.89. The third-order valence-corrected chi connectivity index (χ3v) is 2.48. The van der Waals surface area contributed by atoms with Gasteiger partial charge in [-0.1, -0.05) is 4.68 Å². The first kappa shape index (κ1) is 12.1. The molecule has 0 fully saturated rings. The van der Waals surface area contributed by atoms with Crippen molar-refractivity contribution in [3.8, 4) is 11.4 Å². The number of nitrogens with zero attached hydrogens (tertiary/aromatic N) is 4. The molecule has 92 valence electrons. The Morgan fingerprint density at radius 1 is 1.44 bits per heavy atom. The molecule has 0 saturated carbocycles. The molecule has 0 aliphatic heterocycles. The molecule has 0 spiro atoms. The first-order valence-corrected chi connectivity index (χ1v) is 5.53. The minimum atomic E-state index is -0.834. The van der Waals surface area contributed by atoms with Crippen LogP contribution in [0.5, 0.6) is 0 Å². The van der Waals surface area contributed by atoms with E-state index in [1.807, 2.05) is 6.07 Å². The van der Waals surface area contributed by atoms with Crippen LogP contribution in [0, 0.1) is 5.92 Å². The summed E-state index contributed by atoms with van der Waals surface area (Å²) in [6.07, 6.45) is 6.68. The van der Waals surface area contributed by atoms with E-state index in [4.69, 9.17) is 5.11 Å². The molecule has 6 nitrogen and oxygen atoms in total. The summed E-state index contributed by atoms with van der Waals surface area (Å²) in [7, 11) is 0. The average Bonchev–Trinajstić information content (AvgIpc) is 2.40. The topological polar surface area (TPSA) is 79.8 Å². The van der Waals surface area contributed by atoms with Gasteiger partial charge in [0.2, 0.25) is 0 Å². The number of aliphatic carboxylic acids is 1. The molecule has 0 amide bonds. The molecule has 2 heterocycles. The van der Waals surface area contributed by atoms with Gasteiger partial charge in [0.05, 0.1) is 0 Å². The van der Waals surface area contributed by atoms with E-state index in [1.54, 1.807) is 42.5 Å². The molecule has 0 aliphatic rings. The summed E-state index contributed by atoms with van der Waals surface area (Å²) in [6.45, 7) is 1.98. The molecule has 6 heteroatoms. The van der Waals surface area contributed by atoms with Gasteiger partial charge in [-0.05, 0) is 18.1 Å². The van der Waals surface area contributed by atoms with E-state index >= 15 is 0 Å². The second kappa shape index (κ2) is 5.31. The first-order chi connectivity index (χ1) is 8.66. The van der Waals surface area contributed by atoms with Crippen molar-refractivity contribution < 1.29 is 14.6 Å². The lowest BCUT2D eigenvalue weighted by Gasteiger charge is -2.00. The fourth-order valence-corrected chi connectivity index (χ4v) is 1.43. The van der Waals surface area contributed by atoms with Crippen molar-refractivity contribution in [3.63, 3.8) is 0 Å². The summed E-state index contributed by atoms with van der Waals surface area (Å²) in [6, 6.07) is 3.56. The van der Waals surface area contributed by atoms with Crippen LogP contribution in [0.15, 0.2) is 36.9 Å². The van der Waals surface area contributed by atoms with Crippen LogP contribution in [0.4, 0.5) is 0 Å². The number of rotatable bonds is 4. The number of carboxylic acid groups (broad SMARTS) is 1.